The summed E-state index contributed by atoms with van der Waals surface area (Å²) in [7, 11) is 1.39. The predicted molar refractivity (Wildman–Crippen MR) is 41.9 cm³/mol. The van der Waals surface area contributed by atoms with Crippen molar-refractivity contribution in [1.82, 2.24) is 0 Å². The van der Waals surface area contributed by atoms with Gasteiger partial charge in [-0.05, 0) is 25.2 Å². The lowest BCUT2D eigenvalue weighted by atomic mass is 9.98. The first-order valence-corrected chi connectivity index (χ1v) is 3.96. The lowest BCUT2D eigenvalue weighted by Gasteiger charge is -2.19. The van der Waals surface area contributed by atoms with E-state index in [1.165, 1.54) is 7.11 Å². The highest BCUT2D eigenvalue weighted by molar-refractivity contribution is 5.80. The van der Waals surface area contributed by atoms with Crippen molar-refractivity contribution in [3.8, 4) is 0 Å². The molecule has 0 aliphatic heterocycles. The van der Waals surface area contributed by atoms with Crippen molar-refractivity contribution in [2.24, 2.45) is 11.7 Å². The molecular weight excluding hydrogens is 142 g/mol. The number of hydrogen-bond acceptors (Lipinski definition) is 3. The van der Waals surface area contributed by atoms with Crippen molar-refractivity contribution in [2.45, 2.75) is 31.7 Å². The van der Waals surface area contributed by atoms with E-state index in [1.807, 2.05) is 0 Å². The molecule has 64 valence electrons. The number of nitrogens with two attached hydrogens (primary N) is 1. The van der Waals surface area contributed by atoms with Gasteiger partial charge in [-0.25, -0.2) is 0 Å². The SMILES string of the molecule is COC(=O)C1(N)CCC(C)C1. The maximum atomic E-state index is 11.1. The van der Waals surface area contributed by atoms with Gasteiger partial charge >= 0.3 is 5.97 Å². The zero-order valence-electron chi connectivity index (χ0n) is 7.09. The Morgan fingerprint density at radius 3 is 2.73 bits per heavy atom. The Kier molecular flexibility index (Phi) is 2.18. The first kappa shape index (κ1) is 8.53. The molecule has 2 unspecified atom stereocenters. The maximum Gasteiger partial charge on any atom is 0.325 e. The van der Waals surface area contributed by atoms with Gasteiger partial charge < -0.3 is 10.5 Å². The van der Waals surface area contributed by atoms with Crippen LogP contribution in [0.1, 0.15) is 26.2 Å². The molecule has 0 aromatic carbocycles. The molecular formula is C8H15NO2. The van der Waals surface area contributed by atoms with Gasteiger partial charge in [-0.1, -0.05) is 6.92 Å². The van der Waals surface area contributed by atoms with E-state index in [4.69, 9.17) is 5.73 Å². The largest absolute Gasteiger partial charge is 0.468 e. The molecule has 2 N–H and O–H groups in total. The minimum absolute atomic E-state index is 0.262. The molecule has 1 fully saturated rings. The van der Waals surface area contributed by atoms with Crippen LogP contribution in [0.2, 0.25) is 0 Å². The summed E-state index contributed by atoms with van der Waals surface area (Å²) in [6, 6.07) is 0. The number of carbonyl (C=O) groups excluding carboxylic acids is 1. The molecule has 1 rings (SSSR count). The second kappa shape index (κ2) is 2.81. The smallest absolute Gasteiger partial charge is 0.325 e. The van der Waals surface area contributed by atoms with Crippen LogP contribution in [0, 0.1) is 5.92 Å². The van der Waals surface area contributed by atoms with E-state index in [-0.39, 0.29) is 5.97 Å². The van der Waals surface area contributed by atoms with Gasteiger partial charge in [0.2, 0.25) is 0 Å². The number of ether oxygens (including phenoxy) is 1. The third-order valence-electron chi connectivity index (χ3n) is 2.39. The standard InChI is InChI=1S/C8H15NO2/c1-6-3-4-8(9,5-6)7(10)11-2/h6H,3-5,9H2,1-2H3. The number of esters is 1. The van der Waals surface area contributed by atoms with Crippen LogP contribution in [-0.4, -0.2) is 18.6 Å². The molecule has 11 heavy (non-hydrogen) atoms. The summed E-state index contributed by atoms with van der Waals surface area (Å²) < 4.78 is 4.62. The minimum Gasteiger partial charge on any atom is -0.468 e. The van der Waals surface area contributed by atoms with Gasteiger partial charge in [0, 0.05) is 0 Å². The highest BCUT2D eigenvalue weighted by atomic mass is 16.5. The van der Waals surface area contributed by atoms with Gasteiger partial charge in [-0.2, -0.15) is 0 Å². The molecule has 1 aliphatic rings. The van der Waals surface area contributed by atoms with Crippen LogP contribution in [0.3, 0.4) is 0 Å². The van der Waals surface area contributed by atoms with E-state index in [1.54, 1.807) is 0 Å². The summed E-state index contributed by atoms with van der Waals surface area (Å²) in [5.74, 6) is 0.293. The Morgan fingerprint density at radius 2 is 2.36 bits per heavy atom. The molecule has 0 amide bonds. The van der Waals surface area contributed by atoms with Crippen molar-refractivity contribution < 1.29 is 9.53 Å². The van der Waals surface area contributed by atoms with Crippen LogP contribution in [0.15, 0.2) is 0 Å². The quantitative estimate of drug-likeness (QED) is 0.569. The summed E-state index contributed by atoms with van der Waals surface area (Å²) in [5, 5.41) is 0. The number of methoxy groups -OCH3 is 1. The Balaban J connectivity index is 2.61. The van der Waals surface area contributed by atoms with E-state index in [9.17, 15) is 4.79 Å². The highest BCUT2D eigenvalue weighted by Crippen LogP contribution is 2.32. The molecule has 1 saturated carbocycles. The first-order valence-electron chi connectivity index (χ1n) is 3.96. The van der Waals surface area contributed by atoms with Crippen LogP contribution >= 0.6 is 0 Å². The fraction of sp³-hybridized carbons (Fsp3) is 0.875. The number of hydrogen-bond donors (Lipinski definition) is 1. The Hall–Kier alpha value is -0.570. The molecule has 3 nitrogen and oxygen atoms in total. The average Bonchev–Trinajstić information content (AvgIpc) is 2.31. The second-order valence-corrected chi connectivity index (χ2v) is 3.50. The molecule has 0 spiro atoms. The van der Waals surface area contributed by atoms with Gasteiger partial charge in [0.25, 0.3) is 0 Å². The summed E-state index contributed by atoms with van der Waals surface area (Å²) >= 11 is 0. The average molecular weight is 157 g/mol. The van der Waals surface area contributed by atoms with E-state index in [2.05, 4.69) is 11.7 Å². The first-order chi connectivity index (χ1) is 5.08. The third-order valence-corrected chi connectivity index (χ3v) is 2.39. The maximum absolute atomic E-state index is 11.1. The van der Waals surface area contributed by atoms with Crippen LogP contribution in [0.5, 0.6) is 0 Å². The van der Waals surface area contributed by atoms with Gasteiger partial charge in [0.05, 0.1) is 7.11 Å². The van der Waals surface area contributed by atoms with Crippen LogP contribution in [0.4, 0.5) is 0 Å². The fourth-order valence-electron chi connectivity index (χ4n) is 1.72. The van der Waals surface area contributed by atoms with Gasteiger partial charge in [0.1, 0.15) is 5.54 Å². The Morgan fingerprint density at radius 1 is 1.73 bits per heavy atom. The van der Waals surface area contributed by atoms with Crippen LogP contribution in [0.25, 0.3) is 0 Å². The number of rotatable bonds is 1. The molecule has 0 aromatic heterocycles. The fourth-order valence-corrected chi connectivity index (χ4v) is 1.72. The van der Waals surface area contributed by atoms with Gasteiger partial charge in [0.15, 0.2) is 0 Å². The van der Waals surface area contributed by atoms with Crippen molar-refractivity contribution in [3.05, 3.63) is 0 Å². The van der Waals surface area contributed by atoms with Crippen LogP contribution in [-0.2, 0) is 9.53 Å². The lowest BCUT2D eigenvalue weighted by molar-refractivity contribution is -0.146. The van der Waals surface area contributed by atoms with Gasteiger partial charge in [-0.15, -0.1) is 0 Å². The zero-order valence-corrected chi connectivity index (χ0v) is 7.09. The number of carbonyl (C=O) groups is 1. The van der Waals surface area contributed by atoms with Gasteiger partial charge in [-0.3, -0.25) is 4.79 Å². The molecule has 2 atom stereocenters. The molecule has 0 radical (unpaired) electrons. The summed E-state index contributed by atoms with van der Waals surface area (Å²) in [6.45, 7) is 2.11. The van der Waals surface area contributed by atoms with E-state index < -0.39 is 5.54 Å². The van der Waals surface area contributed by atoms with Crippen molar-refractivity contribution >= 4 is 5.97 Å². The predicted octanol–water partition coefficient (Wildman–Crippen LogP) is 0.677. The van der Waals surface area contributed by atoms with E-state index in [0.717, 1.165) is 19.3 Å². The van der Waals surface area contributed by atoms with E-state index >= 15 is 0 Å². The summed E-state index contributed by atoms with van der Waals surface area (Å²) in [4.78, 5) is 11.1. The minimum atomic E-state index is -0.686. The van der Waals surface area contributed by atoms with Crippen molar-refractivity contribution in [2.75, 3.05) is 7.11 Å². The lowest BCUT2D eigenvalue weighted by Crippen LogP contribution is -2.46. The molecule has 3 heteroatoms. The molecule has 0 saturated heterocycles. The van der Waals surface area contributed by atoms with Crippen molar-refractivity contribution in [3.63, 3.8) is 0 Å². The summed E-state index contributed by atoms with van der Waals surface area (Å²) in [6.07, 6.45) is 2.56. The Labute approximate surface area is 66.9 Å². The molecule has 0 aromatic rings. The van der Waals surface area contributed by atoms with E-state index in [0.29, 0.717) is 5.92 Å². The molecule has 0 bridgehead atoms. The normalized spacial score (nSPS) is 37.2. The second-order valence-electron chi connectivity index (χ2n) is 3.50. The van der Waals surface area contributed by atoms with Crippen LogP contribution < -0.4 is 5.73 Å². The zero-order chi connectivity index (χ0) is 8.48. The Bertz CT molecular complexity index is 169. The molecule has 1 aliphatic carbocycles. The monoisotopic (exact) mass is 157 g/mol. The summed E-state index contributed by atoms with van der Waals surface area (Å²) in [5.41, 5.74) is 5.14. The highest BCUT2D eigenvalue weighted by Gasteiger charge is 2.41. The van der Waals surface area contributed by atoms with Crippen molar-refractivity contribution in [1.29, 1.82) is 0 Å². The topological polar surface area (TPSA) is 52.3 Å². The third kappa shape index (κ3) is 1.53. The molecule has 0 heterocycles.